The Bertz CT molecular complexity index is 704. The first-order valence-electron chi connectivity index (χ1n) is 9.01. The molecule has 1 saturated heterocycles. The van der Waals surface area contributed by atoms with Gasteiger partial charge >= 0.3 is 0 Å². The highest BCUT2D eigenvalue weighted by Crippen LogP contribution is 2.49. The predicted octanol–water partition coefficient (Wildman–Crippen LogP) is 3.53. The molecule has 25 heavy (non-hydrogen) atoms. The lowest BCUT2D eigenvalue weighted by Crippen LogP contribution is -2.35. The molecule has 2 atom stereocenters. The van der Waals surface area contributed by atoms with Crippen LogP contribution in [-0.4, -0.2) is 35.5 Å². The quantitative estimate of drug-likeness (QED) is 0.795. The number of amides is 1. The van der Waals surface area contributed by atoms with Crippen molar-refractivity contribution >= 4 is 17.2 Å². The highest BCUT2D eigenvalue weighted by atomic mass is 32.1. The third-order valence-corrected chi connectivity index (χ3v) is 6.44. The topological polar surface area (TPSA) is 42.4 Å². The molecule has 0 spiro atoms. The molecule has 1 saturated carbocycles. The Morgan fingerprint density at radius 2 is 2.36 bits per heavy atom. The zero-order valence-corrected chi connectivity index (χ0v) is 15.2. The molecule has 0 unspecified atom stereocenters. The fourth-order valence-electron chi connectivity index (χ4n) is 4.38. The van der Waals surface area contributed by atoms with Crippen molar-refractivity contribution in [3.8, 4) is 0 Å². The summed E-state index contributed by atoms with van der Waals surface area (Å²) in [4.78, 5) is 18.9. The van der Waals surface area contributed by atoms with Crippen molar-refractivity contribution in [2.45, 2.75) is 32.3 Å². The van der Waals surface area contributed by atoms with E-state index < -0.39 is 0 Å². The van der Waals surface area contributed by atoms with Gasteiger partial charge in [-0.15, -0.1) is 0 Å². The molecule has 0 bridgehead atoms. The Morgan fingerprint density at radius 3 is 3.16 bits per heavy atom. The minimum Gasteiger partial charge on any atom is -0.376 e. The number of hydrogen-bond donors (Lipinski definition) is 0. The SMILES string of the molecule is O=C(Cc1ccsc1)N1C[C@H]2CCC[C@@]2(COCc2cccnc2)C1. The zero-order chi connectivity index (χ0) is 17.1. The molecule has 2 aromatic heterocycles. The Labute approximate surface area is 152 Å². The van der Waals surface area contributed by atoms with Crippen molar-refractivity contribution in [3.05, 3.63) is 52.5 Å². The number of carbonyl (C=O) groups is 1. The summed E-state index contributed by atoms with van der Waals surface area (Å²) in [5.74, 6) is 0.854. The van der Waals surface area contributed by atoms with Gasteiger partial charge in [0.05, 0.1) is 19.6 Å². The summed E-state index contributed by atoms with van der Waals surface area (Å²) in [7, 11) is 0. The minimum absolute atomic E-state index is 0.159. The molecule has 4 rings (SSSR count). The average molecular weight is 356 g/mol. The van der Waals surface area contributed by atoms with Crippen LogP contribution < -0.4 is 0 Å². The van der Waals surface area contributed by atoms with Crippen molar-refractivity contribution < 1.29 is 9.53 Å². The maximum Gasteiger partial charge on any atom is 0.227 e. The van der Waals surface area contributed by atoms with Crippen molar-refractivity contribution in [1.82, 2.24) is 9.88 Å². The second kappa shape index (κ2) is 7.26. The van der Waals surface area contributed by atoms with E-state index in [9.17, 15) is 4.79 Å². The zero-order valence-electron chi connectivity index (χ0n) is 14.4. The van der Waals surface area contributed by atoms with Gasteiger partial charge in [-0.1, -0.05) is 12.5 Å². The van der Waals surface area contributed by atoms with Crippen LogP contribution in [0, 0.1) is 11.3 Å². The standard InChI is InChI=1S/C20H24N2O2S/c23-19(9-16-5-8-25-13-16)22-11-18-4-1-6-20(18,14-22)15-24-12-17-3-2-7-21-10-17/h2-3,5,7-8,10,13,18H,1,4,6,9,11-12,14-15H2/t18-,20+/m1/s1. The van der Waals surface area contributed by atoms with Gasteiger partial charge in [-0.2, -0.15) is 11.3 Å². The lowest BCUT2D eigenvalue weighted by molar-refractivity contribution is -0.130. The van der Waals surface area contributed by atoms with Crippen molar-refractivity contribution in [1.29, 1.82) is 0 Å². The number of carbonyl (C=O) groups excluding carboxylic acids is 1. The van der Waals surface area contributed by atoms with Crippen molar-refractivity contribution in [3.63, 3.8) is 0 Å². The van der Waals surface area contributed by atoms with Crippen LogP contribution in [0.25, 0.3) is 0 Å². The average Bonchev–Trinajstić information content (AvgIpc) is 3.31. The summed E-state index contributed by atoms with van der Waals surface area (Å²) in [5, 5.41) is 4.11. The van der Waals surface area contributed by atoms with E-state index in [4.69, 9.17) is 4.74 Å². The predicted molar refractivity (Wildman–Crippen MR) is 98.3 cm³/mol. The number of hydrogen-bond acceptors (Lipinski definition) is 4. The summed E-state index contributed by atoms with van der Waals surface area (Å²) in [6, 6.07) is 6.03. The van der Waals surface area contributed by atoms with Gasteiger partial charge in [0.2, 0.25) is 5.91 Å². The third kappa shape index (κ3) is 3.62. The second-order valence-corrected chi connectivity index (χ2v) is 8.17. The first kappa shape index (κ1) is 16.7. The van der Waals surface area contributed by atoms with E-state index in [-0.39, 0.29) is 11.3 Å². The lowest BCUT2D eigenvalue weighted by atomic mass is 9.81. The van der Waals surface area contributed by atoms with Crippen LogP contribution >= 0.6 is 11.3 Å². The molecule has 1 aliphatic heterocycles. The van der Waals surface area contributed by atoms with Crippen molar-refractivity contribution in [2.75, 3.05) is 19.7 Å². The van der Waals surface area contributed by atoms with Gasteiger partial charge in [0, 0.05) is 30.9 Å². The summed E-state index contributed by atoms with van der Waals surface area (Å²) in [6.45, 7) is 3.10. The second-order valence-electron chi connectivity index (χ2n) is 7.39. The normalized spacial score (nSPS) is 25.3. The molecule has 2 aliphatic rings. The number of likely N-dealkylation sites (tertiary alicyclic amines) is 1. The largest absolute Gasteiger partial charge is 0.376 e. The third-order valence-electron chi connectivity index (χ3n) is 5.71. The van der Waals surface area contributed by atoms with E-state index in [2.05, 4.69) is 15.3 Å². The number of fused-ring (bicyclic) bond motifs is 1. The van der Waals surface area contributed by atoms with Crippen LogP contribution in [0.15, 0.2) is 41.4 Å². The highest BCUT2D eigenvalue weighted by Gasteiger charge is 2.50. The summed E-state index contributed by atoms with van der Waals surface area (Å²) < 4.78 is 6.07. The molecule has 2 aromatic rings. The molecular weight excluding hydrogens is 332 g/mol. The smallest absolute Gasteiger partial charge is 0.227 e. The molecular formula is C20H24N2O2S. The first-order chi connectivity index (χ1) is 12.3. The van der Waals surface area contributed by atoms with Crippen LogP contribution in [0.3, 0.4) is 0 Å². The van der Waals surface area contributed by atoms with Gasteiger partial charge in [-0.05, 0) is 52.8 Å². The Kier molecular flexibility index (Phi) is 4.86. The molecule has 132 valence electrons. The number of nitrogens with zero attached hydrogens (tertiary/aromatic N) is 2. The first-order valence-corrected chi connectivity index (χ1v) is 9.95. The maximum atomic E-state index is 12.7. The Morgan fingerprint density at radius 1 is 1.40 bits per heavy atom. The van der Waals surface area contributed by atoms with Crippen LogP contribution in [-0.2, 0) is 22.6 Å². The Hall–Kier alpha value is -1.72. The minimum atomic E-state index is 0.159. The van der Waals surface area contributed by atoms with Crippen LogP contribution in [0.5, 0.6) is 0 Å². The molecule has 2 fully saturated rings. The van der Waals surface area contributed by atoms with Gasteiger partial charge in [0.1, 0.15) is 0 Å². The summed E-state index contributed by atoms with van der Waals surface area (Å²) in [6.07, 6.45) is 7.82. The molecule has 0 radical (unpaired) electrons. The molecule has 0 aromatic carbocycles. The number of aromatic nitrogens is 1. The van der Waals surface area contributed by atoms with Gasteiger partial charge < -0.3 is 9.64 Å². The van der Waals surface area contributed by atoms with Gasteiger partial charge in [-0.25, -0.2) is 0 Å². The van der Waals surface area contributed by atoms with Crippen LogP contribution in [0.1, 0.15) is 30.4 Å². The molecule has 4 nitrogen and oxygen atoms in total. The van der Waals surface area contributed by atoms with Gasteiger partial charge in [-0.3, -0.25) is 9.78 Å². The van der Waals surface area contributed by atoms with E-state index in [1.165, 1.54) is 19.3 Å². The summed E-state index contributed by atoms with van der Waals surface area (Å²) >= 11 is 1.65. The van der Waals surface area contributed by atoms with E-state index in [1.807, 2.05) is 29.8 Å². The van der Waals surface area contributed by atoms with E-state index in [1.54, 1.807) is 17.5 Å². The fourth-order valence-corrected chi connectivity index (χ4v) is 5.04. The maximum absolute atomic E-state index is 12.7. The van der Waals surface area contributed by atoms with E-state index >= 15 is 0 Å². The number of rotatable bonds is 6. The monoisotopic (exact) mass is 356 g/mol. The van der Waals surface area contributed by atoms with Crippen LogP contribution in [0.4, 0.5) is 0 Å². The van der Waals surface area contributed by atoms with Gasteiger partial charge in [0.25, 0.3) is 0 Å². The fraction of sp³-hybridized carbons (Fsp3) is 0.500. The number of ether oxygens (including phenoxy) is 1. The molecule has 1 amide bonds. The van der Waals surface area contributed by atoms with E-state index in [0.717, 1.165) is 30.8 Å². The van der Waals surface area contributed by atoms with Crippen LogP contribution in [0.2, 0.25) is 0 Å². The van der Waals surface area contributed by atoms with Crippen molar-refractivity contribution in [2.24, 2.45) is 11.3 Å². The molecule has 3 heterocycles. The van der Waals surface area contributed by atoms with Gasteiger partial charge in [0.15, 0.2) is 0 Å². The Balaban J connectivity index is 1.36. The molecule has 1 aliphatic carbocycles. The molecule has 0 N–H and O–H groups in total. The molecule has 5 heteroatoms. The lowest BCUT2D eigenvalue weighted by Gasteiger charge is -2.28. The van der Waals surface area contributed by atoms with E-state index in [0.29, 0.717) is 18.9 Å². The highest BCUT2D eigenvalue weighted by molar-refractivity contribution is 7.08. The number of thiophene rings is 1. The number of pyridine rings is 1. The summed E-state index contributed by atoms with van der Waals surface area (Å²) in [5.41, 5.74) is 2.40.